The Hall–Kier alpha value is -1.26. The van der Waals surface area contributed by atoms with E-state index in [0.717, 1.165) is 18.5 Å². The van der Waals surface area contributed by atoms with E-state index in [1.54, 1.807) is 11.9 Å². The highest BCUT2D eigenvalue weighted by Gasteiger charge is 2.28. The molecule has 1 atom stereocenters. The van der Waals surface area contributed by atoms with Gasteiger partial charge in [-0.2, -0.15) is 0 Å². The number of piperidine rings is 1. The Balaban J connectivity index is 2.04. The normalized spacial score (nSPS) is 20.1. The summed E-state index contributed by atoms with van der Waals surface area (Å²) < 4.78 is 2.03. The molecule has 1 unspecified atom stereocenters. The zero-order valence-electron chi connectivity index (χ0n) is 10.8. The van der Waals surface area contributed by atoms with Gasteiger partial charge in [0.25, 0.3) is 0 Å². The van der Waals surface area contributed by atoms with Crippen LogP contribution in [0.2, 0.25) is 0 Å². The summed E-state index contributed by atoms with van der Waals surface area (Å²) in [4.78, 5) is 13.1. The van der Waals surface area contributed by atoms with Gasteiger partial charge in [-0.25, -0.2) is 4.31 Å². The summed E-state index contributed by atoms with van der Waals surface area (Å²) in [5, 5.41) is 2.82. The van der Waals surface area contributed by atoms with Gasteiger partial charge >= 0.3 is 0 Å². The fraction of sp³-hybridized carbons (Fsp3) is 0.357. The number of likely N-dealkylation sites (N-methyl/N-ethyl adjacent to an activating group) is 1. The lowest BCUT2D eigenvalue weighted by Crippen LogP contribution is -2.45. The fourth-order valence-electron chi connectivity index (χ4n) is 1.99. The second-order valence-electron chi connectivity index (χ2n) is 4.55. The lowest BCUT2D eigenvalue weighted by Gasteiger charge is -2.30. The van der Waals surface area contributed by atoms with Crippen molar-refractivity contribution >= 4 is 17.9 Å². The summed E-state index contributed by atoms with van der Waals surface area (Å²) in [6.45, 7) is 5.88. The molecule has 0 aromatic heterocycles. The molecule has 1 aliphatic heterocycles. The SMILES string of the molecule is C=C1CCC(N(C)Sc2ccccc2C)C(=O)N1. The number of allylic oxidation sites excluding steroid dienone is 1. The molecule has 96 valence electrons. The van der Waals surface area contributed by atoms with E-state index in [2.05, 4.69) is 31.0 Å². The summed E-state index contributed by atoms with van der Waals surface area (Å²) in [6.07, 6.45) is 1.69. The van der Waals surface area contributed by atoms with Gasteiger partial charge in [0, 0.05) is 10.6 Å². The minimum absolute atomic E-state index is 0.0508. The van der Waals surface area contributed by atoms with Crippen LogP contribution in [0.1, 0.15) is 18.4 Å². The third-order valence-electron chi connectivity index (χ3n) is 3.10. The van der Waals surface area contributed by atoms with E-state index in [1.807, 2.05) is 23.5 Å². The fourth-order valence-corrected chi connectivity index (χ4v) is 2.98. The molecule has 1 saturated heterocycles. The van der Waals surface area contributed by atoms with E-state index < -0.39 is 0 Å². The van der Waals surface area contributed by atoms with Crippen LogP contribution in [0.5, 0.6) is 0 Å². The molecule has 1 aromatic rings. The number of nitrogens with zero attached hydrogens (tertiary/aromatic N) is 1. The van der Waals surface area contributed by atoms with E-state index in [9.17, 15) is 4.79 Å². The minimum atomic E-state index is -0.0832. The maximum atomic E-state index is 11.9. The lowest BCUT2D eigenvalue weighted by molar-refractivity contribution is -0.124. The molecule has 0 bridgehead atoms. The van der Waals surface area contributed by atoms with Crippen molar-refractivity contribution in [3.63, 3.8) is 0 Å². The first-order valence-electron chi connectivity index (χ1n) is 6.03. The highest BCUT2D eigenvalue weighted by Crippen LogP contribution is 2.29. The molecule has 4 heteroatoms. The van der Waals surface area contributed by atoms with Gasteiger partial charge in [-0.1, -0.05) is 24.8 Å². The van der Waals surface area contributed by atoms with Gasteiger partial charge in [0.2, 0.25) is 5.91 Å². The van der Waals surface area contributed by atoms with Crippen molar-refractivity contribution in [3.05, 3.63) is 42.1 Å². The van der Waals surface area contributed by atoms with E-state index >= 15 is 0 Å². The highest BCUT2D eigenvalue weighted by atomic mass is 32.2. The van der Waals surface area contributed by atoms with Crippen LogP contribution in [0, 0.1) is 6.92 Å². The van der Waals surface area contributed by atoms with Crippen LogP contribution in [0.3, 0.4) is 0 Å². The molecule has 0 spiro atoms. The summed E-state index contributed by atoms with van der Waals surface area (Å²) in [5.74, 6) is 0.0508. The van der Waals surface area contributed by atoms with E-state index in [-0.39, 0.29) is 11.9 Å². The van der Waals surface area contributed by atoms with Crippen molar-refractivity contribution in [2.24, 2.45) is 0 Å². The summed E-state index contributed by atoms with van der Waals surface area (Å²) in [5.41, 5.74) is 2.06. The Morgan fingerprint density at radius 2 is 2.17 bits per heavy atom. The van der Waals surface area contributed by atoms with Crippen molar-refractivity contribution in [1.29, 1.82) is 0 Å². The predicted molar refractivity (Wildman–Crippen MR) is 75.1 cm³/mol. The second-order valence-corrected chi connectivity index (χ2v) is 5.75. The summed E-state index contributed by atoms with van der Waals surface area (Å²) in [7, 11) is 1.97. The Morgan fingerprint density at radius 3 is 2.83 bits per heavy atom. The molecule has 18 heavy (non-hydrogen) atoms. The van der Waals surface area contributed by atoms with Gasteiger partial charge in [0.15, 0.2) is 0 Å². The Kier molecular flexibility index (Phi) is 4.09. The zero-order chi connectivity index (χ0) is 13.1. The highest BCUT2D eigenvalue weighted by molar-refractivity contribution is 7.97. The molecule has 1 fully saturated rings. The molecule has 0 aliphatic carbocycles. The van der Waals surface area contributed by atoms with E-state index in [4.69, 9.17) is 0 Å². The molecule has 1 aliphatic rings. The van der Waals surface area contributed by atoms with Crippen LogP contribution in [0.25, 0.3) is 0 Å². The molecule has 2 rings (SSSR count). The van der Waals surface area contributed by atoms with Gasteiger partial charge < -0.3 is 5.32 Å². The molecule has 0 saturated carbocycles. The average molecular weight is 262 g/mol. The van der Waals surface area contributed by atoms with Crippen molar-refractivity contribution < 1.29 is 4.79 Å². The number of carbonyl (C=O) groups excluding carboxylic acids is 1. The van der Waals surface area contributed by atoms with Crippen molar-refractivity contribution in [2.75, 3.05) is 7.05 Å². The Morgan fingerprint density at radius 1 is 1.44 bits per heavy atom. The largest absolute Gasteiger partial charge is 0.329 e. The Bertz CT molecular complexity index is 473. The van der Waals surface area contributed by atoms with Gasteiger partial charge in [0.1, 0.15) is 0 Å². The molecule has 3 nitrogen and oxygen atoms in total. The molecule has 1 heterocycles. The molecular weight excluding hydrogens is 244 g/mol. The third kappa shape index (κ3) is 2.94. The van der Waals surface area contributed by atoms with Crippen LogP contribution in [0.15, 0.2) is 41.4 Å². The molecule has 1 N–H and O–H groups in total. The maximum absolute atomic E-state index is 11.9. The number of benzene rings is 1. The topological polar surface area (TPSA) is 32.3 Å². The number of hydrogen-bond acceptors (Lipinski definition) is 3. The molecule has 1 amide bonds. The monoisotopic (exact) mass is 262 g/mol. The number of amides is 1. The van der Waals surface area contributed by atoms with E-state index in [1.165, 1.54) is 10.5 Å². The Labute approximate surface area is 112 Å². The summed E-state index contributed by atoms with van der Waals surface area (Å²) in [6, 6.07) is 8.12. The van der Waals surface area contributed by atoms with Gasteiger partial charge in [-0.3, -0.25) is 4.79 Å². The van der Waals surface area contributed by atoms with Crippen molar-refractivity contribution in [3.8, 4) is 0 Å². The standard InChI is InChI=1S/C14H18N2OS/c1-10-6-4-5-7-13(10)18-16(3)12-9-8-11(2)15-14(12)17/h4-7,12H,2,8-9H2,1,3H3,(H,15,17). The van der Waals surface area contributed by atoms with Crippen LogP contribution >= 0.6 is 11.9 Å². The van der Waals surface area contributed by atoms with Crippen LogP contribution < -0.4 is 5.32 Å². The van der Waals surface area contributed by atoms with Gasteiger partial charge in [-0.15, -0.1) is 0 Å². The van der Waals surface area contributed by atoms with Crippen molar-refractivity contribution in [2.45, 2.75) is 30.7 Å². The first kappa shape index (κ1) is 13.2. The number of rotatable bonds is 3. The number of carbonyl (C=O) groups is 1. The van der Waals surface area contributed by atoms with E-state index in [0.29, 0.717) is 0 Å². The smallest absolute Gasteiger partial charge is 0.242 e. The van der Waals surface area contributed by atoms with Crippen molar-refractivity contribution in [1.82, 2.24) is 9.62 Å². The maximum Gasteiger partial charge on any atom is 0.242 e. The quantitative estimate of drug-likeness (QED) is 0.850. The second kappa shape index (κ2) is 5.59. The predicted octanol–water partition coefficient (Wildman–Crippen LogP) is 2.73. The lowest BCUT2D eigenvalue weighted by atomic mass is 10.1. The number of nitrogens with one attached hydrogen (secondary N) is 1. The van der Waals surface area contributed by atoms with Crippen LogP contribution in [-0.4, -0.2) is 23.3 Å². The number of hydrogen-bond donors (Lipinski definition) is 1. The summed E-state index contributed by atoms with van der Waals surface area (Å²) >= 11 is 1.62. The third-order valence-corrected chi connectivity index (χ3v) is 4.29. The van der Waals surface area contributed by atoms with Gasteiger partial charge in [0.05, 0.1) is 6.04 Å². The first-order valence-corrected chi connectivity index (χ1v) is 6.80. The average Bonchev–Trinajstić information content (AvgIpc) is 2.32. The molecule has 1 aromatic carbocycles. The van der Waals surface area contributed by atoms with Crippen LogP contribution in [0.4, 0.5) is 0 Å². The molecular formula is C14H18N2OS. The zero-order valence-corrected chi connectivity index (χ0v) is 11.6. The minimum Gasteiger partial charge on any atom is -0.329 e. The van der Waals surface area contributed by atoms with Gasteiger partial charge in [-0.05, 0) is 50.4 Å². The first-order chi connectivity index (χ1) is 8.58. The molecule has 0 radical (unpaired) electrons. The van der Waals surface area contributed by atoms with Crippen LogP contribution in [-0.2, 0) is 4.79 Å². The number of aryl methyl sites for hydroxylation is 1.